The molecule has 2 atom stereocenters. The van der Waals surface area contributed by atoms with Crippen LogP contribution in [0.1, 0.15) is 45.4 Å². The highest BCUT2D eigenvalue weighted by atomic mass is 19.4. The van der Waals surface area contributed by atoms with Crippen LogP contribution in [0.3, 0.4) is 0 Å². The van der Waals surface area contributed by atoms with Crippen LogP contribution in [0, 0.1) is 11.8 Å². The summed E-state index contributed by atoms with van der Waals surface area (Å²) in [5, 5.41) is 0. The zero-order chi connectivity index (χ0) is 13.1. The zero-order valence-electron chi connectivity index (χ0n) is 10.1. The molecule has 17 heavy (non-hydrogen) atoms. The molecule has 102 valence electrons. The average Bonchev–Trinajstić information content (AvgIpc) is 2.25. The molecule has 5 heteroatoms. The van der Waals surface area contributed by atoms with E-state index >= 15 is 0 Å². The van der Waals surface area contributed by atoms with Crippen molar-refractivity contribution in [3.8, 4) is 0 Å². The number of rotatable bonds is 4. The maximum atomic E-state index is 13.1. The Hall–Kier alpha value is -0.320. The summed E-state index contributed by atoms with van der Waals surface area (Å²) < 4.78 is 49.7. The fourth-order valence-electron chi connectivity index (χ4n) is 2.54. The molecule has 0 amide bonds. The van der Waals surface area contributed by atoms with Gasteiger partial charge >= 0.3 is 6.18 Å². The second-order valence-corrected chi connectivity index (χ2v) is 5.28. The van der Waals surface area contributed by atoms with E-state index in [1.807, 2.05) is 6.92 Å². The Kier molecular flexibility index (Phi) is 5.22. The molecule has 1 aliphatic carbocycles. The van der Waals surface area contributed by atoms with Crippen LogP contribution in [0.25, 0.3) is 0 Å². The van der Waals surface area contributed by atoms with Gasteiger partial charge < -0.3 is 5.73 Å². The van der Waals surface area contributed by atoms with Crippen LogP contribution in [0.15, 0.2) is 0 Å². The van der Waals surface area contributed by atoms with Gasteiger partial charge in [0.05, 0.1) is 0 Å². The first-order valence-electron chi connectivity index (χ1n) is 6.27. The SMILES string of the molecule is CC(N)CCC1CCC(C(F)C(F)(F)F)CC1. The first-order valence-corrected chi connectivity index (χ1v) is 6.27. The lowest BCUT2D eigenvalue weighted by molar-refractivity contribution is -0.197. The molecule has 0 aromatic rings. The highest BCUT2D eigenvalue weighted by Gasteiger charge is 2.45. The summed E-state index contributed by atoms with van der Waals surface area (Å²) in [4.78, 5) is 0. The van der Waals surface area contributed by atoms with E-state index in [9.17, 15) is 17.6 Å². The third kappa shape index (κ3) is 4.82. The van der Waals surface area contributed by atoms with Gasteiger partial charge in [-0.15, -0.1) is 0 Å². The normalized spacial score (nSPS) is 30.0. The van der Waals surface area contributed by atoms with Crippen LogP contribution in [-0.2, 0) is 0 Å². The molecule has 0 radical (unpaired) electrons. The molecule has 1 fully saturated rings. The van der Waals surface area contributed by atoms with Crippen LogP contribution in [0.4, 0.5) is 17.6 Å². The van der Waals surface area contributed by atoms with E-state index in [4.69, 9.17) is 5.73 Å². The van der Waals surface area contributed by atoms with Crippen molar-refractivity contribution in [2.45, 2.75) is 63.8 Å². The van der Waals surface area contributed by atoms with Gasteiger partial charge in [0.2, 0.25) is 0 Å². The van der Waals surface area contributed by atoms with Crippen molar-refractivity contribution in [2.24, 2.45) is 17.6 Å². The van der Waals surface area contributed by atoms with Gasteiger partial charge in [0.15, 0.2) is 6.17 Å². The standard InChI is InChI=1S/C12H21F4N/c1-8(17)2-3-9-4-6-10(7-5-9)11(13)12(14,15)16/h8-11H,2-7,17H2,1H3. The minimum atomic E-state index is -4.69. The predicted octanol–water partition coefficient (Wildman–Crippen LogP) is 3.82. The Labute approximate surface area is 99.7 Å². The molecule has 0 heterocycles. The van der Waals surface area contributed by atoms with Crippen LogP contribution in [-0.4, -0.2) is 18.4 Å². The maximum Gasteiger partial charge on any atom is 0.419 e. The van der Waals surface area contributed by atoms with Gasteiger partial charge in [0, 0.05) is 6.04 Å². The summed E-state index contributed by atoms with van der Waals surface area (Å²) in [6.07, 6.45) is -3.38. The maximum absolute atomic E-state index is 13.1. The average molecular weight is 255 g/mol. The lowest BCUT2D eigenvalue weighted by Gasteiger charge is -2.31. The summed E-state index contributed by atoms with van der Waals surface area (Å²) in [5.74, 6) is -0.403. The second kappa shape index (κ2) is 6.03. The Morgan fingerprint density at radius 2 is 1.71 bits per heavy atom. The Balaban J connectivity index is 2.31. The molecular weight excluding hydrogens is 234 g/mol. The van der Waals surface area contributed by atoms with Gasteiger partial charge in [0.25, 0.3) is 0 Å². The lowest BCUT2D eigenvalue weighted by atomic mass is 9.77. The van der Waals surface area contributed by atoms with Gasteiger partial charge in [-0.25, -0.2) is 4.39 Å². The largest absolute Gasteiger partial charge is 0.419 e. The molecule has 0 aliphatic heterocycles. The van der Waals surface area contributed by atoms with E-state index in [1.165, 1.54) is 0 Å². The van der Waals surface area contributed by atoms with Crippen LogP contribution < -0.4 is 5.73 Å². The Morgan fingerprint density at radius 3 is 2.12 bits per heavy atom. The van der Waals surface area contributed by atoms with Gasteiger partial charge in [0.1, 0.15) is 0 Å². The lowest BCUT2D eigenvalue weighted by Crippen LogP contribution is -2.34. The molecule has 0 spiro atoms. The molecule has 0 bridgehead atoms. The topological polar surface area (TPSA) is 26.0 Å². The fraction of sp³-hybridized carbons (Fsp3) is 1.00. The summed E-state index contributed by atoms with van der Waals surface area (Å²) in [5.41, 5.74) is 5.63. The third-order valence-electron chi connectivity index (χ3n) is 3.65. The fourth-order valence-corrected chi connectivity index (χ4v) is 2.54. The van der Waals surface area contributed by atoms with Crippen molar-refractivity contribution >= 4 is 0 Å². The van der Waals surface area contributed by atoms with Crippen molar-refractivity contribution < 1.29 is 17.6 Å². The molecule has 0 aromatic carbocycles. The van der Waals surface area contributed by atoms with Gasteiger partial charge in [-0.2, -0.15) is 13.2 Å². The molecule has 2 N–H and O–H groups in total. The molecular formula is C12H21F4N. The second-order valence-electron chi connectivity index (χ2n) is 5.28. The molecule has 1 nitrogen and oxygen atoms in total. The quantitative estimate of drug-likeness (QED) is 0.759. The Morgan fingerprint density at radius 1 is 1.18 bits per heavy atom. The van der Waals surface area contributed by atoms with Gasteiger partial charge in [-0.05, 0) is 44.4 Å². The minimum absolute atomic E-state index is 0.136. The van der Waals surface area contributed by atoms with Crippen molar-refractivity contribution in [1.29, 1.82) is 0 Å². The van der Waals surface area contributed by atoms with Crippen LogP contribution in [0.2, 0.25) is 0 Å². The first-order chi connectivity index (χ1) is 7.80. The van der Waals surface area contributed by atoms with E-state index in [1.54, 1.807) is 0 Å². The van der Waals surface area contributed by atoms with Crippen molar-refractivity contribution in [2.75, 3.05) is 0 Å². The van der Waals surface area contributed by atoms with Crippen molar-refractivity contribution in [3.63, 3.8) is 0 Å². The molecule has 0 saturated heterocycles. The number of halogens is 4. The smallest absolute Gasteiger partial charge is 0.328 e. The molecule has 1 saturated carbocycles. The molecule has 2 unspecified atom stereocenters. The highest BCUT2D eigenvalue weighted by Crippen LogP contribution is 2.39. The number of hydrogen-bond donors (Lipinski definition) is 1. The summed E-state index contributed by atoms with van der Waals surface area (Å²) in [7, 11) is 0. The van der Waals surface area contributed by atoms with E-state index in [2.05, 4.69) is 0 Å². The van der Waals surface area contributed by atoms with E-state index in [-0.39, 0.29) is 6.04 Å². The zero-order valence-corrected chi connectivity index (χ0v) is 10.1. The van der Waals surface area contributed by atoms with E-state index in [0.717, 1.165) is 12.8 Å². The van der Waals surface area contributed by atoms with E-state index in [0.29, 0.717) is 31.6 Å². The van der Waals surface area contributed by atoms with Gasteiger partial charge in [-0.1, -0.05) is 12.8 Å². The van der Waals surface area contributed by atoms with Crippen molar-refractivity contribution in [3.05, 3.63) is 0 Å². The summed E-state index contributed by atoms with van der Waals surface area (Å²) in [6.45, 7) is 1.92. The van der Waals surface area contributed by atoms with Crippen LogP contribution in [0.5, 0.6) is 0 Å². The number of hydrogen-bond acceptors (Lipinski definition) is 1. The van der Waals surface area contributed by atoms with Gasteiger partial charge in [-0.3, -0.25) is 0 Å². The predicted molar refractivity (Wildman–Crippen MR) is 59.3 cm³/mol. The highest BCUT2D eigenvalue weighted by molar-refractivity contribution is 4.81. The molecule has 0 aromatic heterocycles. The monoisotopic (exact) mass is 255 g/mol. The van der Waals surface area contributed by atoms with Crippen molar-refractivity contribution in [1.82, 2.24) is 0 Å². The minimum Gasteiger partial charge on any atom is -0.328 e. The molecule has 1 aliphatic rings. The third-order valence-corrected chi connectivity index (χ3v) is 3.65. The first kappa shape index (κ1) is 14.7. The molecule has 1 rings (SSSR count). The summed E-state index contributed by atoms with van der Waals surface area (Å²) in [6, 6.07) is 0.136. The van der Waals surface area contributed by atoms with E-state index < -0.39 is 18.3 Å². The number of alkyl halides is 4. The summed E-state index contributed by atoms with van der Waals surface area (Å²) >= 11 is 0. The van der Waals surface area contributed by atoms with Crippen LogP contribution >= 0.6 is 0 Å². The number of nitrogens with two attached hydrogens (primary N) is 1. The Bertz CT molecular complexity index is 219.